The number of imidazole rings is 1. The van der Waals surface area contributed by atoms with Crippen LogP contribution in [0.3, 0.4) is 0 Å². The Labute approximate surface area is 130 Å². The predicted octanol–water partition coefficient (Wildman–Crippen LogP) is 3.71. The van der Waals surface area contributed by atoms with Crippen molar-refractivity contribution in [1.29, 1.82) is 0 Å². The maximum atomic E-state index is 5.19. The van der Waals surface area contributed by atoms with Crippen molar-refractivity contribution in [2.24, 2.45) is 7.05 Å². The normalized spacial score (nSPS) is 10.5. The van der Waals surface area contributed by atoms with E-state index < -0.39 is 0 Å². The first-order valence-corrected chi connectivity index (χ1v) is 7.22. The number of nitrogens with zero attached hydrogens (tertiary/aromatic N) is 2. The van der Waals surface area contributed by atoms with Gasteiger partial charge in [-0.25, -0.2) is 4.98 Å². The number of methoxy groups -OCH3 is 1. The summed E-state index contributed by atoms with van der Waals surface area (Å²) in [6.45, 7) is 0.758. The van der Waals surface area contributed by atoms with Crippen molar-refractivity contribution < 1.29 is 4.74 Å². The number of hydrogen-bond donors (Lipinski definition) is 1. The van der Waals surface area contributed by atoms with Gasteiger partial charge in [0.05, 0.1) is 19.0 Å². The van der Waals surface area contributed by atoms with Gasteiger partial charge in [-0.15, -0.1) is 0 Å². The number of hydrogen-bond acceptors (Lipinski definition) is 3. The third-order valence-electron chi connectivity index (χ3n) is 3.67. The molecule has 0 atom stereocenters. The fourth-order valence-electron chi connectivity index (χ4n) is 2.38. The summed E-state index contributed by atoms with van der Waals surface area (Å²) in [5.74, 6) is 1.71. The van der Waals surface area contributed by atoms with E-state index in [0.717, 1.165) is 29.5 Å². The molecular formula is C18H19N3O. The Kier molecular flexibility index (Phi) is 4.10. The van der Waals surface area contributed by atoms with Crippen molar-refractivity contribution in [3.05, 3.63) is 66.4 Å². The van der Waals surface area contributed by atoms with Crippen LogP contribution >= 0.6 is 0 Å². The van der Waals surface area contributed by atoms with E-state index in [1.807, 2.05) is 55.7 Å². The topological polar surface area (TPSA) is 39.1 Å². The SMILES string of the molecule is COc1ccc(-c2cnc(NCc3ccccc3)n2C)cc1. The van der Waals surface area contributed by atoms with Crippen LogP contribution in [0.15, 0.2) is 60.8 Å². The maximum absolute atomic E-state index is 5.19. The van der Waals surface area contributed by atoms with E-state index in [9.17, 15) is 0 Å². The molecule has 0 radical (unpaired) electrons. The first-order valence-electron chi connectivity index (χ1n) is 7.22. The summed E-state index contributed by atoms with van der Waals surface area (Å²) < 4.78 is 7.25. The third-order valence-corrected chi connectivity index (χ3v) is 3.67. The van der Waals surface area contributed by atoms with Crippen LogP contribution < -0.4 is 10.1 Å². The standard InChI is InChI=1S/C18H19N3O/c1-21-17(15-8-10-16(22-2)11-9-15)13-20-18(21)19-12-14-6-4-3-5-7-14/h3-11,13H,12H2,1-2H3,(H,19,20). The van der Waals surface area contributed by atoms with Crippen molar-refractivity contribution in [3.8, 4) is 17.0 Å². The maximum Gasteiger partial charge on any atom is 0.203 e. The lowest BCUT2D eigenvalue weighted by Gasteiger charge is -2.09. The molecule has 3 aromatic rings. The molecule has 0 aliphatic heterocycles. The van der Waals surface area contributed by atoms with E-state index in [1.165, 1.54) is 5.56 Å². The zero-order valence-corrected chi connectivity index (χ0v) is 12.8. The number of anilines is 1. The van der Waals surface area contributed by atoms with Gasteiger partial charge in [-0.05, 0) is 29.8 Å². The Morgan fingerprint density at radius 3 is 2.45 bits per heavy atom. The largest absolute Gasteiger partial charge is 0.497 e. The highest BCUT2D eigenvalue weighted by Gasteiger charge is 2.08. The number of aromatic nitrogens is 2. The number of ether oxygens (including phenoxy) is 1. The summed E-state index contributed by atoms with van der Waals surface area (Å²) >= 11 is 0. The molecule has 1 N–H and O–H groups in total. The van der Waals surface area contributed by atoms with Crippen LogP contribution in [-0.4, -0.2) is 16.7 Å². The molecule has 0 amide bonds. The summed E-state index contributed by atoms with van der Waals surface area (Å²) in [4.78, 5) is 4.47. The minimum atomic E-state index is 0.758. The average molecular weight is 293 g/mol. The Bertz CT molecular complexity index is 733. The zero-order valence-electron chi connectivity index (χ0n) is 12.8. The first-order chi connectivity index (χ1) is 10.8. The smallest absolute Gasteiger partial charge is 0.203 e. The van der Waals surface area contributed by atoms with Crippen LogP contribution in [0.5, 0.6) is 5.75 Å². The molecule has 0 saturated carbocycles. The fourth-order valence-corrected chi connectivity index (χ4v) is 2.38. The quantitative estimate of drug-likeness (QED) is 0.779. The van der Waals surface area contributed by atoms with E-state index in [1.54, 1.807) is 7.11 Å². The lowest BCUT2D eigenvalue weighted by molar-refractivity contribution is 0.415. The second kappa shape index (κ2) is 6.35. The molecule has 112 valence electrons. The Hall–Kier alpha value is -2.75. The van der Waals surface area contributed by atoms with Gasteiger partial charge in [0.25, 0.3) is 0 Å². The number of benzene rings is 2. The summed E-state index contributed by atoms with van der Waals surface area (Å²) in [7, 11) is 3.69. The number of nitrogens with one attached hydrogen (secondary N) is 1. The predicted molar refractivity (Wildman–Crippen MR) is 89.0 cm³/mol. The monoisotopic (exact) mass is 293 g/mol. The minimum absolute atomic E-state index is 0.758. The van der Waals surface area contributed by atoms with E-state index in [2.05, 4.69) is 27.0 Å². The molecule has 0 fully saturated rings. The van der Waals surface area contributed by atoms with Crippen LogP contribution in [0.2, 0.25) is 0 Å². The minimum Gasteiger partial charge on any atom is -0.497 e. The fraction of sp³-hybridized carbons (Fsp3) is 0.167. The lowest BCUT2D eigenvalue weighted by atomic mass is 10.1. The third kappa shape index (κ3) is 2.96. The van der Waals surface area contributed by atoms with Crippen LogP contribution in [0.4, 0.5) is 5.95 Å². The van der Waals surface area contributed by atoms with Gasteiger partial charge >= 0.3 is 0 Å². The molecule has 0 bridgehead atoms. The Morgan fingerprint density at radius 2 is 1.77 bits per heavy atom. The van der Waals surface area contributed by atoms with Crippen LogP contribution in [0, 0.1) is 0 Å². The highest BCUT2D eigenvalue weighted by molar-refractivity contribution is 5.62. The molecule has 3 rings (SSSR count). The first kappa shape index (κ1) is 14.2. The van der Waals surface area contributed by atoms with Crippen molar-refractivity contribution in [1.82, 2.24) is 9.55 Å². The second-order valence-corrected chi connectivity index (χ2v) is 5.09. The van der Waals surface area contributed by atoms with E-state index >= 15 is 0 Å². The summed E-state index contributed by atoms with van der Waals surface area (Å²) in [5.41, 5.74) is 3.42. The van der Waals surface area contributed by atoms with Gasteiger partial charge in [-0.2, -0.15) is 0 Å². The highest BCUT2D eigenvalue weighted by atomic mass is 16.5. The van der Waals surface area contributed by atoms with Crippen molar-refractivity contribution in [2.75, 3.05) is 12.4 Å². The van der Waals surface area contributed by atoms with E-state index in [-0.39, 0.29) is 0 Å². The molecule has 4 nitrogen and oxygen atoms in total. The molecule has 0 saturated heterocycles. The zero-order chi connectivity index (χ0) is 15.4. The van der Waals surface area contributed by atoms with Crippen LogP contribution in [0.25, 0.3) is 11.3 Å². The van der Waals surface area contributed by atoms with Gasteiger partial charge in [0, 0.05) is 19.2 Å². The Morgan fingerprint density at radius 1 is 1.05 bits per heavy atom. The lowest BCUT2D eigenvalue weighted by Crippen LogP contribution is -2.05. The number of rotatable bonds is 5. The van der Waals surface area contributed by atoms with Crippen molar-refractivity contribution >= 4 is 5.95 Å². The molecule has 0 aliphatic carbocycles. The van der Waals surface area contributed by atoms with Crippen LogP contribution in [-0.2, 0) is 13.6 Å². The summed E-state index contributed by atoms with van der Waals surface area (Å²) in [5, 5.41) is 3.37. The van der Waals surface area contributed by atoms with Gasteiger partial charge in [0.15, 0.2) is 0 Å². The van der Waals surface area contributed by atoms with Gasteiger partial charge < -0.3 is 14.6 Å². The molecule has 1 heterocycles. The molecule has 0 spiro atoms. The van der Waals surface area contributed by atoms with Crippen molar-refractivity contribution in [2.45, 2.75) is 6.54 Å². The summed E-state index contributed by atoms with van der Waals surface area (Å²) in [6, 6.07) is 18.3. The molecule has 1 aromatic heterocycles. The van der Waals surface area contributed by atoms with Crippen LogP contribution in [0.1, 0.15) is 5.56 Å². The van der Waals surface area contributed by atoms with Crippen molar-refractivity contribution in [3.63, 3.8) is 0 Å². The van der Waals surface area contributed by atoms with E-state index in [4.69, 9.17) is 4.74 Å². The molecule has 22 heavy (non-hydrogen) atoms. The molecular weight excluding hydrogens is 274 g/mol. The average Bonchev–Trinajstić information content (AvgIpc) is 2.95. The molecule has 0 aliphatic rings. The Balaban J connectivity index is 1.76. The molecule has 0 unspecified atom stereocenters. The summed E-state index contributed by atoms with van der Waals surface area (Å²) in [6.07, 6.45) is 1.88. The molecule has 4 heteroatoms. The van der Waals surface area contributed by atoms with Gasteiger partial charge in [-0.3, -0.25) is 0 Å². The van der Waals surface area contributed by atoms with Gasteiger partial charge in [-0.1, -0.05) is 30.3 Å². The highest BCUT2D eigenvalue weighted by Crippen LogP contribution is 2.24. The second-order valence-electron chi connectivity index (χ2n) is 5.09. The van der Waals surface area contributed by atoms with E-state index in [0.29, 0.717) is 0 Å². The van der Waals surface area contributed by atoms with Gasteiger partial charge in [0.2, 0.25) is 5.95 Å². The van der Waals surface area contributed by atoms with Gasteiger partial charge in [0.1, 0.15) is 5.75 Å². The molecule has 2 aromatic carbocycles.